The van der Waals surface area contributed by atoms with Crippen LogP contribution >= 0.6 is 0 Å². The average molecular weight is 252 g/mol. The monoisotopic (exact) mass is 252 g/mol. The van der Waals surface area contributed by atoms with E-state index in [2.05, 4.69) is 5.32 Å². The number of nitrogens with one attached hydrogen (secondary N) is 1. The van der Waals surface area contributed by atoms with Crippen LogP contribution in [0.4, 0.5) is 0 Å². The number of β-amino-alcohol motifs (C(OH)–C–C–N with tert-alkyl or cyclic N) is 1. The minimum absolute atomic E-state index is 0.0840. The summed E-state index contributed by atoms with van der Waals surface area (Å²) in [6, 6.07) is 3.13. The number of amides is 2. The Bertz CT molecular complexity index is 435. The van der Waals surface area contributed by atoms with Crippen molar-refractivity contribution in [1.29, 1.82) is 0 Å². The molecule has 1 fully saturated rings. The van der Waals surface area contributed by atoms with Gasteiger partial charge in [0.25, 0.3) is 5.91 Å². The SMILES string of the molecule is CCC1(O)CN(C(=O)CNC(=O)c2ccco2)C1. The summed E-state index contributed by atoms with van der Waals surface area (Å²) in [5.41, 5.74) is -0.749. The molecule has 1 aliphatic heterocycles. The van der Waals surface area contributed by atoms with Crippen molar-refractivity contribution >= 4 is 11.8 Å². The van der Waals surface area contributed by atoms with Gasteiger partial charge in [0.1, 0.15) is 0 Å². The van der Waals surface area contributed by atoms with E-state index >= 15 is 0 Å². The molecule has 98 valence electrons. The van der Waals surface area contributed by atoms with Crippen LogP contribution < -0.4 is 5.32 Å². The third kappa shape index (κ3) is 2.53. The predicted molar refractivity (Wildman–Crippen MR) is 62.9 cm³/mol. The van der Waals surface area contributed by atoms with E-state index in [-0.39, 0.29) is 18.2 Å². The normalized spacial score (nSPS) is 17.1. The van der Waals surface area contributed by atoms with Gasteiger partial charge in [0.05, 0.1) is 31.5 Å². The molecule has 2 amide bonds. The zero-order chi connectivity index (χ0) is 13.2. The number of rotatable bonds is 4. The molecule has 0 radical (unpaired) electrons. The Balaban J connectivity index is 1.75. The Kier molecular flexibility index (Phi) is 3.38. The quantitative estimate of drug-likeness (QED) is 0.789. The highest BCUT2D eigenvalue weighted by atomic mass is 16.3. The summed E-state index contributed by atoms with van der Waals surface area (Å²) in [4.78, 5) is 24.7. The smallest absolute Gasteiger partial charge is 0.287 e. The molecular weight excluding hydrogens is 236 g/mol. The van der Waals surface area contributed by atoms with Gasteiger partial charge < -0.3 is 19.7 Å². The molecule has 1 aromatic rings. The average Bonchev–Trinajstić information content (AvgIpc) is 2.85. The van der Waals surface area contributed by atoms with Crippen molar-refractivity contribution in [1.82, 2.24) is 10.2 Å². The van der Waals surface area contributed by atoms with Crippen molar-refractivity contribution in [3.8, 4) is 0 Å². The molecule has 1 saturated heterocycles. The van der Waals surface area contributed by atoms with Gasteiger partial charge in [-0.15, -0.1) is 0 Å². The summed E-state index contributed by atoms with van der Waals surface area (Å²) < 4.78 is 4.90. The van der Waals surface area contributed by atoms with E-state index in [1.54, 1.807) is 6.07 Å². The van der Waals surface area contributed by atoms with E-state index in [9.17, 15) is 14.7 Å². The van der Waals surface area contributed by atoms with Crippen LogP contribution in [0.3, 0.4) is 0 Å². The van der Waals surface area contributed by atoms with E-state index in [1.165, 1.54) is 17.2 Å². The molecule has 1 aromatic heterocycles. The van der Waals surface area contributed by atoms with Crippen LogP contribution in [0.1, 0.15) is 23.9 Å². The third-order valence-electron chi connectivity index (χ3n) is 3.13. The van der Waals surface area contributed by atoms with E-state index in [4.69, 9.17) is 4.42 Å². The second kappa shape index (κ2) is 4.81. The maximum absolute atomic E-state index is 11.7. The van der Waals surface area contributed by atoms with Gasteiger partial charge in [-0.25, -0.2) is 0 Å². The molecule has 6 nitrogen and oxygen atoms in total. The van der Waals surface area contributed by atoms with Gasteiger partial charge in [-0.1, -0.05) is 6.92 Å². The molecule has 0 bridgehead atoms. The lowest BCUT2D eigenvalue weighted by Crippen LogP contribution is -2.64. The second-order valence-corrected chi connectivity index (χ2v) is 4.49. The van der Waals surface area contributed by atoms with Gasteiger partial charge in [-0.05, 0) is 18.6 Å². The number of carbonyl (C=O) groups is 2. The first-order valence-electron chi connectivity index (χ1n) is 5.86. The van der Waals surface area contributed by atoms with Crippen molar-refractivity contribution in [3.63, 3.8) is 0 Å². The summed E-state index contributed by atoms with van der Waals surface area (Å²) in [7, 11) is 0. The molecule has 0 unspecified atom stereocenters. The van der Waals surface area contributed by atoms with Crippen LogP contribution in [-0.2, 0) is 4.79 Å². The fraction of sp³-hybridized carbons (Fsp3) is 0.500. The lowest BCUT2D eigenvalue weighted by atomic mass is 9.91. The first-order valence-corrected chi connectivity index (χ1v) is 5.86. The molecule has 0 saturated carbocycles. The lowest BCUT2D eigenvalue weighted by Gasteiger charge is -2.46. The minimum Gasteiger partial charge on any atom is -0.459 e. The summed E-state index contributed by atoms with van der Waals surface area (Å²) in [5, 5.41) is 12.2. The summed E-state index contributed by atoms with van der Waals surface area (Å²) >= 11 is 0. The largest absolute Gasteiger partial charge is 0.459 e. The topological polar surface area (TPSA) is 82.8 Å². The van der Waals surface area contributed by atoms with Gasteiger partial charge in [0.15, 0.2) is 5.76 Å². The zero-order valence-electron chi connectivity index (χ0n) is 10.2. The van der Waals surface area contributed by atoms with Crippen LogP contribution in [0.2, 0.25) is 0 Å². The summed E-state index contributed by atoms with van der Waals surface area (Å²) in [5.74, 6) is -0.441. The molecule has 1 aliphatic rings. The molecule has 2 heterocycles. The number of furan rings is 1. The van der Waals surface area contributed by atoms with Crippen molar-refractivity contribution in [2.45, 2.75) is 18.9 Å². The van der Waals surface area contributed by atoms with Crippen molar-refractivity contribution < 1.29 is 19.1 Å². The highest BCUT2D eigenvalue weighted by molar-refractivity contribution is 5.94. The molecule has 0 aliphatic carbocycles. The van der Waals surface area contributed by atoms with Gasteiger partial charge in [-0.3, -0.25) is 9.59 Å². The Hall–Kier alpha value is -1.82. The molecule has 18 heavy (non-hydrogen) atoms. The highest BCUT2D eigenvalue weighted by Crippen LogP contribution is 2.23. The highest BCUT2D eigenvalue weighted by Gasteiger charge is 2.41. The molecule has 0 atom stereocenters. The van der Waals surface area contributed by atoms with E-state index in [0.29, 0.717) is 19.5 Å². The van der Waals surface area contributed by atoms with Crippen LogP contribution in [-0.4, -0.2) is 47.1 Å². The van der Waals surface area contributed by atoms with Crippen molar-refractivity contribution in [2.24, 2.45) is 0 Å². The number of hydrogen-bond donors (Lipinski definition) is 2. The summed E-state index contributed by atoms with van der Waals surface area (Å²) in [6.45, 7) is 2.46. The third-order valence-corrected chi connectivity index (χ3v) is 3.13. The van der Waals surface area contributed by atoms with Crippen molar-refractivity contribution in [3.05, 3.63) is 24.2 Å². The van der Waals surface area contributed by atoms with Crippen LogP contribution in [0.15, 0.2) is 22.8 Å². The maximum Gasteiger partial charge on any atom is 0.287 e. The van der Waals surface area contributed by atoms with Gasteiger partial charge in [0.2, 0.25) is 5.91 Å². The second-order valence-electron chi connectivity index (χ2n) is 4.49. The molecule has 0 aromatic carbocycles. The fourth-order valence-corrected chi connectivity index (χ4v) is 1.83. The first-order chi connectivity index (χ1) is 8.54. The number of aliphatic hydroxyl groups is 1. The standard InChI is InChI=1S/C12H16N2O4/c1-2-12(17)7-14(8-12)10(15)6-13-11(16)9-4-3-5-18-9/h3-5,17H,2,6-8H2,1H3,(H,13,16). The number of carbonyl (C=O) groups excluding carboxylic acids is 2. The maximum atomic E-state index is 11.7. The van der Waals surface area contributed by atoms with Crippen LogP contribution in [0, 0.1) is 0 Å². The first kappa shape index (κ1) is 12.6. The Morgan fingerprint density at radius 2 is 2.28 bits per heavy atom. The molecule has 2 rings (SSSR count). The molecule has 6 heteroatoms. The van der Waals surface area contributed by atoms with Crippen molar-refractivity contribution in [2.75, 3.05) is 19.6 Å². The summed E-state index contributed by atoms with van der Waals surface area (Å²) in [6.07, 6.45) is 2.02. The van der Waals surface area contributed by atoms with E-state index in [1.807, 2.05) is 6.92 Å². The zero-order valence-corrected chi connectivity index (χ0v) is 10.2. The van der Waals surface area contributed by atoms with E-state index in [0.717, 1.165) is 0 Å². The Morgan fingerprint density at radius 1 is 1.56 bits per heavy atom. The Morgan fingerprint density at radius 3 is 2.83 bits per heavy atom. The Labute approximate surface area is 105 Å². The van der Waals surface area contributed by atoms with Gasteiger partial charge in [0, 0.05) is 0 Å². The minimum atomic E-state index is -0.749. The van der Waals surface area contributed by atoms with E-state index < -0.39 is 11.5 Å². The molecule has 0 spiro atoms. The van der Waals surface area contributed by atoms with Gasteiger partial charge in [-0.2, -0.15) is 0 Å². The number of hydrogen-bond acceptors (Lipinski definition) is 4. The number of nitrogens with zero attached hydrogens (tertiary/aromatic N) is 1. The molecular formula is C12H16N2O4. The predicted octanol–water partition coefficient (Wildman–Crippen LogP) is -0.00730. The fourth-order valence-electron chi connectivity index (χ4n) is 1.83. The van der Waals surface area contributed by atoms with Crippen LogP contribution in [0.25, 0.3) is 0 Å². The van der Waals surface area contributed by atoms with Gasteiger partial charge >= 0.3 is 0 Å². The lowest BCUT2D eigenvalue weighted by molar-refractivity contribution is -0.154. The van der Waals surface area contributed by atoms with Crippen LogP contribution in [0.5, 0.6) is 0 Å². The molecule has 2 N–H and O–H groups in total. The number of likely N-dealkylation sites (tertiary alicyclic amines) is 1.